The van der Waals surface area contributed by atoms with Gasteiger partial charge in [-0.3, -0.25) is 4.79 Å². The third-order valence-corrected chi connectivity index (χ3v) is 3.22. The third-order valence-electron chi connectivity index (χ3n) is 3.22. The minimum atomic E-state index is -0.806. The smallest absolute Gasteiger partial charge is 0.317 e. The summed E-state index contributed by atoms with van der Waals surface area (Å²) in [5.41, 5.74) is -0.654. The van der Waals surface area contributed by atoms with E-state index >= 15 is 0 Å². The van der Waals surface area contributed by atoms with Gasteiger partial charge in [0.05, 0.1) is 5.60 Å². The number of carboxylic acids is 1. The number of hydrogen-bond acceptors (Lipinski definition) is 3. The number of aliphatic hydroxyl groups is 1. The highest BCUT2D eigenvalue weighted by atomic mass is 16.4. The van der Waals surface area contributed by atoms with Crippen molar-refractivity contribution in [2.24, 2.45) is 0 Å². The quantitative estimate of drug-likeness (QED) is 0.636. The number of amides is 2. The fourth-order valence-corrected chi connectivity index (χ4v) is 1.90. The molecule has 0 atom stereocenters. The molecule has 1 heterocycles. The summed E-state index contributed by atoms with van der Waals surface area (Å²) in [4.78, 5) is 23.7. The van der Waals surface area contributed by atoms with Gasteiger partial charge in [0.2, 0.25) is 0 Å². The van der Waals surface area contributed by atoms with Crippen LogP contribution in [0.1, 0.15) is 39.0 Å². The molecule has 1 aliphatic heterocycles. The molecule has 0 spiro atoms. The van der Waals surface area contributed by atoms with Gasteiger partial charge >= 0.3 is 12.0 Å². The molecule has 0 aliphatic carbocycles. The number of urea groups is 1. The molecule has 18 heavy (non-hydrogen) atoms. The summed E-state index contributed by atoms with van der Waals surface area (Å²) in [6.45, 7) is 3.41. The number of piperidine rings is 1. The van der Waals surface area contributed by atoms with E-state index in [1.165, 1.54) is 0 Å². The number of nitrogens with zero attached hydrogens (tertiary/aromatic N) is 1. The summed E-state index contributed by atoms with van der Waals surface area (Å²) in [5.74, 6) is -0.806. The van der Waals surface area contributed by atoms with Gasteiger partial charge in [-0.15, -0.1) is 0 Å². The molecule has 0 bridgehead atoms. The molecule has 6 nitrogen and oxygen atoms in total. The fourth-order valence-electron chi connectivity index (χ4n) is 1.90. The van der Waals surface area contributed by atoms with Crippen LogP contribution in [0.5, 0.6) is 0 Å². The fraction of sp³-hybridized carbons (Fsp3) is 0.833. The molecule has 0 unspecified atom stereocenters. The maximum Gasteiger partial charge on any atom is 0.317 e. The van der Waals surface area contributed by atoms with Crippen LogP contribution in [0.3, 0.4) is 0 Å². The standard InChI is InChI=1S/C12H22N2O4/c1-12(18)5-8-14(9-6-12)11(17)13-7-3-2-4-10(15)16/h18H,2-9H2,1H3,(H,13,17)(H,15,16). The summed E-state index contributed by atoms with van der Waals surface area (Å²) in [7, 11) is 0. The van der Waals surface area contributed by atoms with Crippen molar-refractivity contribution in [3.63, 3.8) is 0 Å². The topological polar surface area (TPSA) is 89.9 Å². The van der Waals surface area contributed by atoms with E-state index < -0.39 is 11.6 Å². The number of aliphatic carboxylic acids is 1. The van der Waals surface area contributed by atoms with Crippen LogP contribution >= 0.6 is 0 Å². The van der Waals surface area contributed by atoms with Crippen molar-refractivity contribution in [1.82, 2.24) is 10.2 Å². The molecule has 1 fully saturated rings. The van der Waals surface area contributed by atoms with Crippen LogP contribution in [0.4, 0.5) is 4.79 Å². The van der Waals surface area contributed by atoms with Crippen molar-refractivity contribution in [3.05, 3.63) is 0 Å². The van der Waals surface area contributed by atoms with E-state index in [-0.39, 0.29) is 12.5 Å². The van der Waals surface area contributed by atoms with Gasteiger partial charge in [0.15, 0.2) is 0 Å². The molecule has 3 N–H and O–H groups in total. The number of carbonyl (C=O) groups is 2. The number of carboxylic acid groups (broad SMARTS) is 1. The van der Waals surface area contributed by atoms with Crippen molar-refractivity contribution < 1.29 is 19.8 Å². The minimum absolute atomic E-state index is 0.124. The van der Waals surface area contributed by atoms with E-state index in [4.69, 9.17) is 5.11 Å². The van der Waals surface area contributed by atoms with Gasteiger partial charge < -0.3 is 20.4 Å². The Hall–Kier alpha value is -1.30. The van der Waals surface area contributed by atoms with Gasteiger partial charge in [0, 0.05) is 26.1 Å². The van der Waals surface area contributed by atoms with Gasteiger partial charge in [-0.05, 0) is 32.6 Å². The van der Waals surface area contributed by atoms with E-state index in [0.717, 1.165) is 0 Å². The minimum Gasteiger partial charge on any atom is -0.481 e. The molecular weight excluding hydrogens is 236 g/mol. The number of likely N-dealkylation sites (tertiary alicyclic amines) is 1. The first-order valence-corrected chi connectivity index (χ1v) is 6.38. The number of nitrogens with one attached hydrogen (secondary N) is 1. The lowest BCUT2D eigenvalue weighted by Crippen LogP contribution is -2.48. The van der Waals surface area contributed by atoms with E-state index in [2.05, 4.69) is 5.32 Å². The summed E-state index contributed by atoms with van der Waals surface area (Å²) < 4.78 is 0. The Balaban J connectivity index is 2.12. The zero-order chi connectivity index (χ0) is 13.6. The molecule has 0 aromatic heterocycles. The lowest BCUT2D eigenvalue weighted by atomic mass is 9.94. The molecular formula is C12H22N2O4. The summed E-state index contributed by atoms with van der Waals surface area (Å²) >= 11 is 0. The van der Waals surface area contributed by atoms with E-state index in [0.29, 0.717) is 45.3 Å². The number of hydrogen-bond donors (Lipinski definition) is 3. The van der Waals surface area contributed by atoms with Gasteiger partial charge in [0.25, 0.3) is 0 Å². The maximum absolute atomic E-state index is 11.7. The van der Waals surface area contributed by atoms with E-state index in [1.807, 2.05) is 0 Å². The average Bonchev–Trinajstić information content (AvgIpc) is 2.27. The van der Waals surface area contributed by atoms with Crippen molar-refractivity contribution in [3.8, 4) is 0 Å². The Kier molecular flexibility index (Phi) is 5.40. The van der Waals surface area contributed by atoms with Crippen LogP contribution < -0.4 is 5.32 Å². The monoisotopic (exact) mass is 258 g/mol. The molecule has 0 saturated carbocycles. The summed E-state index contributed by atoms with van der Waals surface area (Å²) in [6.07, 6.45) is 2.58. The Morgan fingerprint density at radius 3 is 2.44 bits per heavy atom. The number of rotatable bonds is 5. The SMILES string of the molecule is CC1(O)CCN(C(=O)NCCCCC(=O)O)CC1. The van der Waals surface area contributed by atoms with Crippen LogP contribution in [0, 0.1) is 0 Å². The van der Waals surface area contributed by atoms with Crippen LogP contribution in [-0.2, 0) is 4.79 Å². The molecule has 0 aromatic rings. The van der Waals surface area contributed by atoms with Gasteiger partial charge in [-0.25, -0.2) is 4.79 Å². The highest BCUT2D eigenvalue weighted by Gasteiger charge is 2.29. The largest absolute Gasteiger partial charge is 0.481 e. The molecule has 1 rings (SSSR count). The molecule has 104 valence electrons. The van der Waals surface area contributed by atoms with Crippen LogP contribution in [-0.4, -0.2) is 52.3 Å². The third kappa shape index (κ3) is 5.35. The zero-order valence-corrected chi connectivity index (χ0v) is 10.8. The molecule has 1 saturated heterocycles. The normalized spacial score (nSPS) is 18.4. The summed E-state index contributed by atoms with van der Waals surface area (Å²) in [6, 6.07) is -0.124. The Bertz CT molecular complexity index is 294. The average molecular weight is 258 g/mol. The molecule has 0 aromatic carbocycles. The zero-order valence-electron chi connectivity index (χ0n) is 10.8. The molecule has 6 heteroatoms. The van der Waals surface area contributed by atoms with Crippen LogP contribution in [0.2, 0.25) is 0 Å². The predicted octanol–water partition coefficient (Wildman–Crippen LogP) is 0.798. The Labute approximate surface area is 107 Å². The van der Waals surface area contributed by atoms with Crippen molar-refractivity contribution in [1.29, 1.82) is 0 Å². The molecule has 0 radical (unpaired) electrons. The second-order valence-corrected chi connectivity index (χ2v) is 5.07. The second-order valence-electron chi connectivity index (χ2n) is 5.07. The lowest BCUT2D eigenvalue weighted by Gasteiger charge is -2.35. The van der Waals surface area contributed by atoms with Crippen molar-refractivity contribution in [2.45, 2.75) is 44.6 Å². The Morgan fingerprint density at radius 2 is 1.89 bits per heavy atom. The number of unbranched alkanes of at least 4 members (excludes halogenated alkanes) is 1. The highest BCUT2D eigenvalue weighted by molar-refractivity contribution is 5.74. The molecule has 1 aliphatic rings. The van der Waals surface area contributed by atoms with Crippen molar-refractivity contribution >= 4 is 12.0 Å². The van der Waals surface area contributed by atoms with Gasteiger partial charge in [-0.2, -0.15) is 0 Å². The van der Waals surface area contributed by atoms with Crippen molar-refractivity contribution in [2.75, 3.05) is 19.6 Å². The summed E-state index contributed by atoms with van der Waals surface area (Å²) in [5, 5.41) is 21.0. The first-order chi connectivity index (χ1) is 8.41. The second kappa shape index (κ2) is 6.58. The van der Waals surface area contributed by atoms with Gasteiger partial charge in [0.1, 0.15) is 0 Å². The van der Waals surface area contributed by atoms with E-state index in [1.54, 1.807) is 11.8 Å². The highest BCUT2D eigenvalue weighted by Crippen LogP contribution is 2.20. The van der Waals surface area contributed by atoms with Gasteiger partial charge in [-0.1, -0.05) is 0 Å². The number of carbonyl (C=O) groups excluding carboxylic acids is 1. The first-order valence-electron chi connectivity index (χ1n) is 6.38. The maximum atomic E-state index is 11.7. The lowest BCUT2D eigenvalue weighted by molar-refractivity contribution is -0.137. The molecule has 2 amide bonds. The van der Waals surface area contributed by atoms with Crippen LogP contribution in [0.25, 0.3) is 0 Å². The predicted molar refractivity (Wildman–Crippen MR) is 66.3 cm³/mol. The first kappa shape index (κ1) is 14.8. The van der Waals surface area contributed by atoms with E-state index in [9.17, 15) is 14.7 Å². The van der Waals surface area contributed by atoms with Crippen LogP contribution in [0.15, 0.2) is 0 Å². The Morgan fingerprint density at radius 1 is 1.28 bits per heavy atom.